The zero-order valence-electron chi connectivity index (χ0n) is 12.4. The molecule has 0 radical (unpaired) electrons. The molecule has 2 unspecified atom stereocenters. The summed E-state index contributed by atoms with van der Waals surface area (Å²) in [6.07, 6.45) is 0.0179. The molecular weight excluding hydrogens is 286 g/mol. The van der Waals surface area contributed by atoms with Crippen LogP contribution in [0.15, 0.2) is 35.4 Å². The minimum atomic E-state index is -0.373. The maximum atomic E-state index is 10.9. The molecule has 1 aromatic carbocycles. The molecule has 1 aliphatic rings. The van der Waals surface area contributed by atoms with Gasteiger partial charge in [0.2, 0.25) is 0 Å². The Morgan fingerprint density at radius 1 is 1.45 bits per heavy atom. The lowest BCUT2D eigenvalue weighted by Crippen LogP contribution is -2.43. The van der Waals surface area contributed by atoms with E-state index < -0.39 is 0 Å². The summed E-state index contributed by atoms with van der Waals surface area (Å²) in [5, 5.41) is 3.73. The van der Waals surface area contributed by atoms with Crippen LogP contribution in [-0.2, 0) is 25.6 Å². The van der Waals surface area contributed by atoms with Crippen molar-refractivity contribution in [1.29, 1.82) is 0 Å². The van der Waals surface area contributed by atoms with Crippen LogP contribution in [0.1, 0.15) is 18.9 Å². The second-order valence-corrected chi connectivity index (χ2v) is 5.10. The van der Waals surface area contributed by atoms with Gasteiger partial charge in [0, 0.05) is 18.3 Å². The molecule has 0 N–H and O–H groups in total. The average molecular weight is 305 g/mol. The molecule has 7 nitrogen and oxygen atoms in total. The molecule has 118 valence electrons. The summed E-state index contributed by atoms with van der Waals surface area (Å²) in [5.41, 5.74) is 9.69. The first-order chi connectivity index (χ1) is 10.7. The van der Waals surface area contributed by atoms with E-state index in [0.717, 1.165) is 5.56 Å². The first-order valence-corrected chi connectivity index (χ1v) is 7.13. The number of rotatable bonds is 6. The highest BCUT2D eigenvalue weighted by atomic mass is 16.6. The zero-order valence-corrected chi connectivity index (χ0v) is 12.4. The topological polar surface area (TPSA) is 93.5 Å². The molecule has 1 aromatic rings. The normalized spacial score (nSPS) is 24.3. The van der Waals surface area contributed by atoms with Crippen molar-refractivity contribution in [2.24, 2.45) is 5.11 Å². The van der Waals surface area contributed by atoms with E-state index in [9.17, 15) is 4.79 Å². The van der Waals surface area contributed by atoms with Gasteiger partial charge in [-0.3, -0.25) is 4.79 Å². The predicted octanol–water partition coefficient (Wildman–Crippen LogP) is 2.60. The number of benzene rings is 1. The number of carbonyl (C=O) groups excluding carboxylic acids is 1. The lowest BCUT2D eigenvalue weighted by molar-refractivity contribution is -0.151. The number of carbonyl (C=O) groups is 1. The van der Waals surface area contributed by atoms with Crippen molar-refractivity contribution in [1.82, 2.24) is 0 Å². The number of hydrogen-bond donors (Lipinski definition) is 0. The Labute approximate surface area is 128 Å². The SMILES string of the molecule is CC(=O)OCC1C[C@@H](OCc2ccccc2)C(N=[N+]=[N-])CO1. The summed E-state index contributed by atoms with van der Waals surface area (Å²) in [5.74, 6) is -0.345. The highest BCUT2D eigenvalue weighted by molar-refractivity contribution is 5.65. The summed E-state index contributed by atoms with van der Waals surface area (Å²) in [6.45, 7) is 2.23. The maximum Gasteiger partial charge on any atom is 0.302 e. The fraction of sp³-hybridized carbons (Fsp3) is 0.533. The van der Waals surface area contributed by atoms with E-state index in [1.165, 1.54) is 6.92 Å². The third-order valence-electron chi connectivity index (χ3n) is 3.41. The average Bonchev–Trinajstić information content (AvgIpc) is 2.53. The van der Waals surface area contributed by atoms with Crippen molar-refractivity contribution in [3.63, 3.8) is 0 Å². The van der Waals surface area contributed by atoms with Gasteiger partial charge < -0.3 is 14.2 Å². The van der Waals surface area contributed by atoms with Gasteiger partial charge in [-0.2, -0.15) is 0 Å². The summed E-state index contributed by atoms with van der Waals surface area (Å²) in [4.78, 5) is 13.7. The Bertz CT molecular complexity index is 531. The van der Waals surface area contributed by atoms with Gasteiger partial charge in [0.15, 0.2) is 0 Å². The minimum Gasteiger partial charge on any atom is -0.463 e. The number of esters is 1. The summed E-state index contributed by atoms with van der Waals surface area (Å²) >= 11 is 0. The van der Waals surface area contributed by atoms with Gasteiger partial charge >= 0.3 is 5.97 Å². The van der Waals surface area contributed by atoms with Gasteiger partial charge in [-0.1, -0.05) is 35.4 Å². The molecule has 0 aromatic heterocycles. The van der Waals surface area contributed by atoms with E-state index in [2.05, 4.69) is 10.0 Å². The van der Waals surface area contributed by atoms with Crippen LogP contribution in [0, 0.1) is 0 Å². The number of hydrogen-bond acceptors (Lipinski definition) is 5. The van der Waals surface area contributed by atoms with Crippen molar-refractivity contribution < 1.29 is 19.0 Å². The van der Waals surface area contributed by atoms with Gasteiger partial charge in [-0.15, -0.1) is 0 Å². The fourth-order valence-corrected chi connectivity index (χ4v) is 2.28. The lowest BCUT2D eigenvalue weighted by atomic mass is 10.0. The van der Waals surface area contributed by atoms with Crippen LogP contribution < -0.4 is 0 Å². The van der Waals surface area contributed by atoms with Crippen LogP contribution in [0.4, 0.5) is 0 Å². The Balaban J connectivity index is 1.92. The second-order valence-electron chi connectivity index (χ2n) is 5.10. The molecule has 1 aliphatic heterocycles. The smallest absolute Gasteiger partial charge is 0.302 e. The molecule has 1 heterocycles. The zero-order chi connectivity index (χ0) is 15.8. The van der Waals surface area contributed by atoms with Crippen LogP contribution in [0.3, 0.4) is 0 Å². The molecule has 0 bridgehead atoms. The van der Waals surface area contributed by atoms with E-state index in [-0.39, 0.29) is 37.4 Å². The Kier molecular flexibility index (Phi) is 6.21. The summed E-state index contributed by atoms with van der Waals surface area (Å²) < 4.78 is 16.4. The Morgan fingerprint density at radius 3 is 2.91 bits per heavy atom. The van der Waals surface area contributed by atoms with Crippen LogP contribution in [-0.4, -0.2) is 37.4 Å². The predicted molar refractivity (Wildman–Crippen MR) is 78.9 cm³/mol. The van der Waals surface area contributed by atoms with Gasteiger partial charge in [0.1, 0.15) is 6.61 Å². The monoisotopic (exact) mass is 305 g/mol. The number of nitrogens with zero attached hydrogens (tertiary/aromatic N) is 3. The van der Waals surface area contributed by atoms with E-state index in [1.54, 1.807) is 0 Å². The third-order valence-corrected chi connectivity index (χ3v) is 3.41. The molecule has 0 aliphatic carbocycles. The summed E-state index contributed by atoms with van der Waals surface area (Å²) in [7, 11) is 0. The number of ether oxygens (including phenoxy) is 3. The molecule has 0 amide bonds. The van der Waals surface area contributed by atoms with Crippen LogP contribution in [0.25, 0.3) is 10.4 Å². The third kappa shape index (κ3) is 5.04. The van der Waals surface area contributed by atoms with E-state index >= 15 is 0 Å². The van der Waals surface area contributed by atoms with Crippen molar-refractivity contribution in [2.45, 2.75) is 38.2 Å². The van der Waals surface area contributed by atoms with Crippen molar-refractivity contribution >= 4 is 5.97 Å². The molecule has 1 saturated heterocycles. The number of azide groups is 1. The van der Waals surface area contributed by atoms with Crippen molar-refractivity contribution in [3.05, 3.63) is 46.3 Å². The molecule has 3 atom stereocenters. The quantitative estimate of drug-likeness (QED) is 0.349. The van der Waals surface area contributed by atoms with Gasteiger partial charge in [-0.05, 0) is 11.1 Å². The second kappa shape index (κ2) is 8.38. The fourth-order valence-electron chi connectivity index (χ4n) is 2.28. The molecule has 7 heteroatoms. The van der Waals surface area contributed by atoms with E-state index in [1.807, 2.05) is 30.3 Å². The lowest BCUT2D eigenvalue weighted by Gasteiger charge is -2.33. The first kappa shape index (κ1) is 16.3. The standard InChI is InChI=1S/C15H19N3O4/c1-11(19)20-9-13-7-15(14(10-21-13)17-18-16)22-8-12-5-3-2-4-6-12/h2-6,13-15H,7-10H2,1H3/t13?,14?,15-/m1/s1. The molecule has 1 fully saturated rings. The van der Waals surface area contributed by atoms with Crippen molar-refractivity contribution in [2.75, 3.05) is 13.2 Å². The van der Waals surface area contributed by atoms with Gasteiger partial charge in [-0.25, -0.2) is 0 Å². The van der Waals surface area contributed by atoms with Gasteiger partial charge in [0.25, 0.3) is 0 Å². The van der Waals surface area contributed by atoms with E-state index in [0.29, 0.717) is 13.0 Å². The Morgan fingerprint density at radius 2 is 2.23 bits per heavy atom. The molecule has 0 spiro atoms. The first-order valence-electron chi connectivity index (χ1n) is 7.13. The van der Waals surface area contributed by atoms with Gasteiger partial charge in [0.05, 0.1) is 31.5 Å². The molecular formula is C15H19N3O4. The highest BCUT2D eigenvalue weighted by Gasteiger charge is 2.32. The molecule has 2 rings (SSSR count). The minimum absolute atomic E-state index is 0.184. The van der Waals surface area contributed by atoms with Crippen molar-refractivity contribution in [3.8, 4) is 0 Å². The van der Waals surface area contributed by atoms with E-state index in [4.69, 9.17) is 19.7 Å². The van der Waals surface area contributed by atoms with Crippen LogP contribution in [0.2, 0.25) is 0 Å². The largest absolute Gasteiger partial charge is 0.463 e. The van der Waals surface area contributed by atoms with Crippen LogP contribution >= 0.6 is 0 Å². The molecule has 0 saturated carbocycles. The molecule has 22 heavy (non-hydrogen) atoms. The maximum absolute atomic E-state index is 10.9. The van der Waals surface area contributed by atoms with Crippen LogP contribution in [0.5, 0.6) is 0 Å². The summed E-state index contributed by atoms with van der Waals surface area (Å²) in [6, 6.07) is 9.39. The Hall–Kier alpha value is -2.08. The highest BCUT2D eigenvalue weighted by Crippen LogP contribution is 2.22.